The first-order chi connectivity index (χ1) is 9.08. The minimum atomic E-state index is -0.916. The van der Waals surface area contributed by atoms with Gasteiger partial charge in [0.25, 0.3) is 0 Å². The molecule has 2 aromatic rings. The highest BCUT2D eigenvalue weighted by Gasteiger charge is 2.09. The summed E-state index contributed by atoms with van der Waals surface area (Å²) in [4.78, 5) is 0.893. The summed E-state index contributed by atoms with van der Waals surface area (Å²) in [5.41, 5.74) is 7.56. The fourth-order valence-corrected chi connectivity index (χ4v) is 2.79. The van der Waals surface area contributed by atoms with Crippen LogP contribution in [0.15, 0.2) is 47.4 Å². The molecule has 2 rings (SSSR count). The minimum absolute atomic E-state index is 0.322. The molecule has 0 aromatic heterocycles. The van der Waals surface area contributed by atoms with Crippen LogP contribution in [0, 0.1) is 5.21 Å². The van der Waals surface area contributed by atoms with E-state index in [1.165, 1.54) is 11.8 Å². The Labute approximate surface area is 120 Å². The molecular formula is C13H13ClN2O2S. The lowest BCUT2D eigenvalue weighted by Gasteiger charge is -2.15. The van der Waals surface area contributed by atoms with Gasteiger partial charge in [-0.15, -0.1) is 11.8 Å². The number of nitrogens with one attached hydrogen (secondary N) is 1. The molecule has 6 heteroatoms. The van der Waals surface area contributed by atoms with E-state index in [0.29, 0.717) is 22.2 Å². The number of anilines is 1. The van der Waals surface area contributed by atoms with E-state index >= 15 is 0 Å². The van der Waals surface area contributed by atoms with Gasteiger partial charge in [-0.25, -0.2) is 5.21 Å². The van der Waals surface area contributed by atoms with E-state index < -0.39 is 5.23 Å². The molecule has 0 radical (unpaired) electrons. The van der Waals surface area contributed by atoms with Crippen LogP contribution in [0.5, 0.6) is 0 Å². The van der Waals surface area contributed by atoms with Gasteiger partial charge in [0, 0.05) is 33.0 Å². The Morgan fingerprint density at radius 1 is 1.26 bits per heavy atom. The zero-order valence-electron chi connectivity index (χ0n) is 9.97. The highest BCUT2D eigenvalue weighted by Crippen LogP contribution is 2.31. The Morgan fingerprint density at radius 2 is 2.00 bits per heavy atom. The second-order valence-electron chi connectivity index (χ2n) is 3.93. The van der Waals surface area contributed by atoms with Crippen LogP contribution >= 0.6 is 23.4 Å². The van der Waals surface area contributed by atoms with Gasteiger partial charge in [0.2, 0.25) is 0 Å². The van der Waals surface area contributed by atoms with Crippen LogP contribution in [0.2, 0.25) is 5.02 Å². The molecule has 0 aliphatic carbocycles. The van der Waals surface area contributed by atoms with Crippen LogP contribution in [0.3, 0.4) is 0 Å². The second kappa shape index (κ2) is 6.27. The summed E-state index contributed by atoms with van der Waals surface area (Å²) in [6, 6.07) is 12.2. The number of nitrogens with two attached hydrogens (primary N) is 1. The number of hydrogen-bond acceptors (Lipinski definition) is 4. The SMILES string of the molecule is Nc1cc(Cl)ccc1SCc1ccccc1[NH+]([O-])O. The third kappa shape index (κ3) is 3.62. The fraction of sp³-hybridized carbons (Fsp3) is 0.0769. The predicted molar refractivity (Wildman–Crippen MR) is 77.6 cm³/mol. The molecule has 0 aliphatic heterocycles. The van der Waals surface area contributed by atoms with Crippen molar-refractivity contribution in [1.29, 1.82) is 0 Å². The second-order valence-corrected chi connectivity index (χ2v) is 5.39. The van der Waals surface area contributed by atoms with Gasteiger partial charge < -0.3 is 10.9 Å². The maximum atomic E-state index is 11.1. The maximum Gasteiger partial charge on any atom is 0.167 e. The van der Waals surface area contributed by atoms with Crippen molar-refractivity contribution in [3.63, 3.8) is 0 Å². The monoisotopic (exact) mass is 296 g/mol. The average Bonchev–Trinajstić information content (AvgIpc) is 2.38. The van der Waals surface area contributed by atoms with Crippen molar-refractivity contribution in [2.75, 3.05) is 5.73 Å². The van der Waals surface area contributed by atoms with E-state index in [2.05, 4.69) is 0 Å². The predicted octanol–water partition coefficient (Wildman–Crippen LogP) is 2.62. The van der Waals surface area contributed by atoms with E-state index in [1.54, 1.807) is 24.3 Å². The lowest BCUT2D eigenvalue weighted by atomic mass is 10.2. The van der Waals surface area contributed by atoms with Gasteiger partial charge in [0.05, 0.1) is 0 Å². The quantitative estimate of drug-likeness (QED) is 0.461. The smallest absolute Gasteiger partial charge is 0.167 e. The van der Waals surface area contributed by atoms with Crippen LogP contribution in [0.1, 0.15) is 5.56 Å². The lowest BCUT2D eigenvalue weighted by Crippen LogP contribution is -2.99. The molecule has 1 unspecified atom stereocenters. The Kier molecular flexibility index (Phi) is 4.68. The van der Waals surface area contributed by atoms with Crippen LogP contribution < -0.4 is 11.0 Å². The molecule has 0 bridgehead atoms. The maximum absolute atomic E-state index is 11.1. The largest absolute Gasteiger partial charge is 0.595 e. The van der Waals surface area contributed by atoms with Gasteiger partial charge in [-0.2, -0.15) is 5.23 Å². The molecule has 0 aliphatic rings. The van der Waals surface area contributed by atoms with Crippen molar-refractivity contribution >= 4 is 34.7 Å². The Balaban J connectivity index is 2.14. The summed E-state index contributed by atoms with van der Waals surface area (Å²) in [7, 11) is 0. The normalized spacial score (nSPS) is 12.4. The molecule has 0 spiro atoms. The van der Waals surface area contributed by atoms with Gasteiger partial charge in [0.1, 0.15) is 0 Å². The van der Waals surface area contributed by atoms with Gasteiger partial charge in [0.15, 0.2) is 5.69 Å². The summed E-state index contributed by atoms with van der Waals surface area (Å²) in [6.45, 7) is 0. The highest BCUT2D eigenvalue weighted by molar-refractivity contribution is 7.98. The van der Waals surface area contributed by atoms with Crippen molar-refractivity contribution in [1.82, 2.24) is 0 Å². The first-order valence-corrected chi connectivity index (χ1v) is 6.93. The number of benzene rings is 2. The number of nitrogen functional groups attached to an aromatic ring is 1. The number of para-hydroxylation sites is 1. The van der Waals surface area contributed by atoms with E-state index in [1.807, 2.05) is 18.2 Å². The molecule has 100 valence electrons. The summed E-state index contributed by atoms with van der Waals surface area (Å²) in [5.74, 6) is 0.550. The van der Waals surface area contributed by atoms with Gasteiger partial charge >= 0.3 is 0 Å². The zero-order chi connectivity index (χ0) is 13.8. The van der Waals surface area contributed by atoms with Crippen molar-refractivity contribution < 1.29 is 10.4 Å². The number of halogens is 1. The van der Waals surface area contributed by atoms with Gasteiger partial charge in [-0.05, 0) is 18.2 Å². The number of thioether (sulfide) groups is 1. The first kappa shape index (κ1) is 14.2. The standard InChI is InChI=1S/C13H13ClN2O2S/c14-10-5-6-13(11(15)7-10)19-8-9-3-1-2-4-12(9)16(17)18/h1-7,16-17H,8,15H2. The fourth-order valence-electron chi connectivity index (χ4n) is 1.66. The zero-order valence-corrected chi connectivity index (χ0v) is 11.5. The summed E-state index contributed by atoms with van der Waals surface area (Å²) >= 11 is 7.33. The minimum Gasteiger partial charge on any atom is -0.595 e. The van der Waals surface area contributed by atoms with E-state index in [0.717, 1.165) is 10.5 Å². The molecule has 0 saturated carbocycles. The molecule has 4 N–H and O–H groups in total. The number of quaternary nitrogens is 1. The average molecular weight is 297 g/mol. The summed E-state index contributed by atoms with van der Waals surface area (Å²) < 4.78 is 0. The topological polar surface area (TPSA) is 73.8 Å². The lowest BCUT2D eigenvalue weighted by molar-refractivity contribution is -0.991. The molecule has 19 heavy (non-hydrogen) atoms. The molecule has 1 atom stereocenters. The first-order valence-electron chi connectivity index (χ1n) is 5.57. The van der Waals surface area contributed by atoms with Crippen molar-refractivity contribution in [3.8, 4) is 0 Å². The molecule has 0 saturated heterocycles. The highest BCUT2D eigenvalue weighted by atomic mass is 35.5. The Bertz CT molecular complexity index is 578. The van der Waals surface area contributed by atoms with Gasteiger partial charge in [-0.1, -0.05) is 29.8 Å². The molecule has 0 heterocycles. The molecule has 2 aromatic carbocycles. The van der Waals surface area contributed by atoms with Gasteiger partial charge in [-0.3, -0.25) is 0 Å². The third-order valence-electron chi connectivity index (χ3n) is 2.60. The number of rotatable bonds is 4. The van der Waals surface area contributed by atoms with E-state index in [-0.39, 0.29) is 0 Å². The van der Waals surface area contributed by atoms with E-state index in [4.69, 9.17) is 22.5 Å². The molecular weight excluding hydrogens is 284 g/mol. The summed E-state index contributed by atoms with van der Waals surface area (Å²) in [5, 5.41) is 19.9. The Morgan fingerprint density at radius 3 is 2.68 bits per heavy atom. The van der Waals surface area contributed by atoms with Crippen molar-refractivity contribution in [2.24, 2.45) is 0 Å². The van der Waals surface area contributed by atoms with Crippen molar-refractivity contribution in [3.05, 3.63) is 58.3 Å². The third-order valence-corrected chi connectivity index (χ3v) is 3.98. The molecule has 4 nitrogen and oxygen atoms in total. The van der Waals surface area contributed by atoms with Crippen LogP contribution in [-0.2, 0) is 5.75 Å². The molecule has 0 amide bonds. The molecule has 0 fully saturated rings. The van der Waals surface area contributed by atoms with E-state index in [9.17, 15) is 5.21 Å². The van der Waals surface area contributed by atoms with Crippen LogP contribution in [0.25, 0.3) is 0 Å². The van der Waals surface area contributed by atoms with Crippen LogP contribution in [-0.4, -0.2) is 5.21 Å². The Hall–Kier alpha value is -1.24. The number of hydrogen-bond donors (Lipinski definition) is 3. The summed E-state index contributed by atoms with van der Waals surface area (Å²) in [6.07, 6.45) is 0. The van der Waals surface area contributed by atoms with Crippen LogP contribution in [0.4, 0.5) is 11.4 Å². The van der Waals surface area contributed by atoms with Crippen molar-refractivity contribution in [2.45, 2.75) is 10.6 Å².